The van der Waals surface area contributed by atoms with Crippen molar-refractivity contribution in [2.75, 3.05) is 20.2 Å². The molecule has 2 heterocycles. The van der Waals surface area contributed by atoms with Crippen LogP contribution in [-0.2, 0) is 24.3 Å². The van der Waals surface area contributed by atoms with Crippen molar-refractivity contribution in [2.24, 2.45) is 0 Å². The Bertz CT molecular complexity index is 1280. The number of carbonyl (C=O) groups is 1. The van der Waals surface area contributed by atoms with E-state index in [0.29, 0.717) is 25.9 Å². The van der Waals surface area contributed by atoms with E-state index in [1.54, 1.807) is 21.0 Å². The fourth-order valence-corrected chi connectivity index (χ4v) is 8.37. The van der Waals surface area contributed by atoms with Gasteiger partial charge in [0.1, 0.15) is 5.75 Å². The van der Waals surface area contributed by atoms with Crippen molar-refractivity contribution in [1.29, 1.82) is 0 Å². The highest BCUT2D eigenvalue weighted by molar-refractivity contribution is 7.91. The lowest BCUT2D eigenvalue weighted by Gasteiger charge is -2.37. The van der Waals surface area contributed by atoms with Crippen molar-refractivity contribution < 1.29 is 32.5 Å². The van der Waals surface area contributed by atoms with E-state index in [4.69, 9.17) is 14.2 Å². The van der Waals surface area contributed by atoms with E-state index in [-0.39, 0.29) is 18.8 Å². The number of rotatable bonds is 6. The van der Waals surface area contributed by atoms with Crippen LogP contribution in [0.1, 0.15) is 56.6 Å². The van der Waals surface area contributed by atoms with Crippen molar-refractivity contribution in [2.45, 2.75) is 75.1 Å². The maximum absolute atomic E-state index is 13.7. The molecule has 5 rings (SSSR count). The summed E-state index contributed by atoms with van der Waals surface area (Å²) in [7, 11) is -2.45. The number of carboxylic acids is 1. The molecule has 2 aromatic rings. The first-order valence-corrected chi connectivity index (χ1v) is 14.2. The van der Waals surface area contributed by atoms with Crippen LogP contribution in [0.2, 0.25) is 0 Å². The Balaban J connectivity index is 1.30. The van der Waals surface area contributed by atoms with Gasteiger partial charge in [-0.1, -0.05) is 30.3 Å². The first-order valence-electron chi connectivity index (χ1n) is 12.8. The van der Waals surface area contributed by atoms with Crippen LogP contribution in [0.15, 0.2) is 42.5 Å². The van der Waals surface area contributed by atoms with Gasteiger partial charge in [0.15, 0.2) is 10.5 Å². The van der Waals surface area contributed by atoms with Gasteiger partial charge in [0.05, 0.1) is 19.3 Å². The smallest absolute Gasteiger partial charge is 0.326 e. The third-order valence-corrected chi connectivity index (χ3v) is 10.7. The molecule has 37 heavy (non-hydrogen) atoms. The average molecular weight is 530 g/mol. The number of aryl methyl sites for hydroxylation is 1. The van der Waals surface area contributed by atoms with Gasteiger partial charge in [-0.05, 0) is 73.9 Å². The van der Waals surface area contributed by atoms with E-state index in [1.807, 2.05) is 18.2 Å². The van der Waals surface area contributed by atoms with Crippen LogP contribution in [0.3, 0.4) is 0 Å². The number of hydrogen-bond donors (Lipinski definition) is 1. The Kier molecular flexibility index (Phi) is 6.63. The summed E-state index contributed by atoms with van der Waals surface area (Å²) in [6.07, 6.45) is 0.0150. The highest BCUT2D eigenvalue weighted by Gasteiger charge is 2.65. The van der Waals surface area contributed by atoms with Crippen molar-refractivity contribution in [3.8, 4) is 16.9 Å². The normalized spacial score (nSPS) is 28.2. The first-order chi connectivity index (χ1) is 17.5. The van der Waals surface area contributed by atoms with Gasteiger partial charge in [0.2, 0.25) is 10.0 Å². The van der Waals surface area contributed by atoms with Gasteiger partial charge in [-0.2, -0.15) is 0 Å². The number of hydrogen-bond acceptors (Lipinski definition) is 6. The summed E-state index contributed by atoms with van der Waals surface area (Å²) in [6.45, 7) is 6.19. The number of piperidine rings is 1. The SMILES string of the molecule is COc1cccc(-c2ccc(C3CCN(S(=O)(=O)[C@]4(C(=O)O)C[C@@H]5OC(C)(C)O[C@@H]5C4)CC3)cc2C)c1. The summed E-state index contributed by atoms with van der Waals surface area (Å²) in [5, 5.41) is 10.1. The zero-order valence-electron chi connectivity index (χ0n) is 21.8. The van der Waals surface area contributed by atoms with E-state index in [0.717, 1.165) is 22.4 Å². The van der Waals surface area contributed by atoms with Crippen LogP contribution in [0.4, 0.5) is 0 Å². The molecule has 0 bridgehead atoms. The summed E-state index contributed by atoms with van der Waals surface area (Å²) in [5.41, 5.74) is 4.53. The Morgan fingerprint density at radius 3 is 2.27 bits per heavy atom. The number of nitrogens with zero attached hydrogens (tertiary/aromatic N) is 1. The molecule has 8 nitrogen and oxygen atoms in total. The second-order valence-corrected chi connectivity index (χ2v) is 13.2. The van der Waals surface area contributed by atoms with Crippen LogP contribution in [0, 0.1) is 6.92 Å². The van der Waals surface area contributed by atoms with Crippen LogP contribution in [0.5, 0.6) is 5.75 Å². The standard InChI is InChI=1S/C28H35NO7S/c1-18-14-20(8-9-23(18)21-6-5-7-22(15-21)34-4)19-10-12-29(13-11-19)37(32,33)28(26(30)31)16-24-25(17-28)36-27(2,3)35-24/h5-9,14-15,19,24-25H,10-13,16-17H2,1-4H3,(H,30,31)/t24-,25+,28+. The summed E-state index contributed by atoms with van der Waals surface area (Å²) in [5.74, 6) is -1.14. The minimum atomic E-state index is -4.10. The molecule has 0 amide bonds. The number of fused-ring (bicyclic) bond motifs is 1. The molecular weight excluding hydrogens is 494 g/mol. The highest BCUT2D eigenvalue weighted by Crippen LogP contribution is 2.48. The summed E-state index contributed by atoms with van der Waals surface area (Å²) < 4.78 is 43.9. The highest BCUT2D eigenvalue weighted by atomic mass is 32.2. The molecule has 1 N–H and O–H groups in total. The van der Waals surface area contributed by atoms with E-state index in [9.17, 15) is 18.3 Å². The van der Waals surface area contributed by atoms with Gasteiger partial charge >= 0.3 is 5.97 Å². The summed E-state index contributed by atoms with van der Waals surface area (Å²) in [4.78, 5) is 12.4. The quantitative estimate of drug-likeness (QED) is 0.595. The third-order valence-electron chi connectivity index (χ3n) is 8.13. The molecule has 0 radical (unpaired) electrons. The molecule has 2 aliphatic heterocycles. The molecule has 3 aliphatic rings. The zero-order valence-corrected chi connectivity index (χ0v) is 22.6. The molecule has 200 valence electrons. The Labute approximate surface area is 218 Å². The molecule has 2 aromatic carbocycles. The maximum atomic E-state index is 13.7. The molecule has 3 fully saturated rings. The molecule has 1 saturated carbocycles. The van der Waals surface area contributed by atoms with E-state index < -0.39 is 38.7 Å². The predicted molar refractivity (Wildman–Crippen MR) is 139 cm³/mol. The van der Waals surface area contributed by atoms with Gasteiger partial charge in [-0.3, -0.25) is 4.79 Å². The number of carboxylic acid groups (broad SMARTS) is 1. The fourth-order valence-electron chi connectivity index (χ4n) is 6.22. The van der Waals surface area contributed by atoms with Gasteiger partial charge in [0, 0.05) is 25.9 Å². The van der Waals surface area contributed by atoms with Crippen LogP contribution >= 0.6 is 0 Å². The predicted octanol–water partition coefficient (Wildman–Crippen LogP) is 4.32. The monoisotopic (exact) mass is 529 g/mol. The lowest BCUT2D eigenvalue weighted by Crippen LogP contribution is -2.54. The minimum Gasteiger partial charge on any atom is -0.497 e. The number of benzene rings is 2. The minimum absolute atomic E-state index is 0.0936. The van der Waals surface area contributed by atoms with Gasteiger partial charge in [-0.25, -0.2) is 12.7 Å². The molecule has 2 saturated heterocycles. The largest absolute Gasteiger partial charge is 0.497 e. The van der Waals surface area contributed by atoms with Crippen LogP contribution in [0.25, 0.3) is 11.1 Å². The summed E-state index contributed by atoms with van der Waals surface area (Å²) in [6, 6.07) is 14.4. The maximum Gasteiger partial charge on any atom is 0.326 e. The molecule has 1 aliphatic carbocycles. The third kappa shape index (κ3) is 4.56. The molecule has 0 unspecified atom stereocenters. The molecule has 3 atom stereocenters. The van der Waals surface area contributed by atoms with E-state index in [2.05, 4.69) is 31.2 Å². The molecule has 9 heteroatoms. The zero-order chi connectivity index (χ0) is 26.6. The Morgan fingerprint density at radius 2 is 1.70 bits per heavy atom. The van der Waals surface area contributed by atoms with Crippen molar-refractivity contribution in [3.63, 3.8) is 0 Å². The van der Waals surface area contributed by atoms with E-state index in [1.165, 1.54) is 9.87 Å². The van der Waals surface area contributed by atoms with Crippen LogP contribution < -0.4 is 4.74 Å². The lowest BCUT2D eigenvalue weighted by atomic mass is 9.87. The van der Waals surface area contributed by atoms with E-state index >= 15 is 0 Å². The topological polar surface area (TPSA) is 102 Å². The van der Waals surface area contributed by atoms with Gasteiger partial charge < -0.3 is 19.3 Å². The lowest BCUT2D eigenvalue weighted by molar-refractivity contribution is -0.159. The number of aliphatic carboxylic acids is 1. The molecule has 0 spiro atoms. The number of methoxy groups -OCH3 is 1. The van der Waals surface area contributed by atoms with Crippen molar-refractivity contribution >= 4 is 16.0 Å². The number of ether oxygens (including phenoxy) is 3. The van der Waals surface area contributed by atoms with Crippen molar-refractivity contribution in [3.05, 3.63) is 53.6 Å². The summed E-state index contributed by atoms with van der Waals surface area (Å²) >= 11 is 0. The molecular formula is C28H35NO7S. The molecule has 0 aromatic heterocycles. The van der Waals surface area contributed by atoms with Gasteiger partial charge in [-0.15, -0.1) is 0 Å². The second kappa shape index (κ2) is 9.38. The number of sulfonamides is 1. The van der Waals surface area contributed by atoms with Crippen LogP contribution in [-0.4, -0.2) is 66.7 Å². The first kappa shape index (κ1) is 26.2. The Hall–Kier alpha value is -2.46. The van der Waals surface area contributed by atoms with Crippen molar-refractivity contribution in [1.82, 2.24) is 4.31 Å². The average Bonchev–Trinajstić information content (AvgIpc) is 3.36. The second-order valence-electron chi connectivity index (χ2n) is 10.9. The fraction of sp³-hybridized carbons (Fsp3) is 0.536. The van der Waals surface area contributed by atoms with Gasteiger partial charge in [0.25, 0.3) is 0 Å². The Morgan fingerprint density at radius 1 is 1.05 bits per heavy atom.